The Morgan fingerprint density at radius 3 is 2.48 bits per heavy atom. The molecule has 1 unspecified atom stereocenters. The number of methoxy groups -OCH3 is 2. The normalized spacial score (nSPS) is 18.2. The van der Waals surface area contributed by atoms with Crippen LogP contribution in [0.5, 0.6) is 11.5 Å². The third-order valence-corrected chi connectivity index (χ3v) is 4.72. The van der Waals surface area contributed by atoms with Gasteiger partial charge in [-0.2, -0.15) is 0 Å². The second-order valence-corrected chi connectivity index (χ2v) is 6.19. The van der Waals surface area contributed by atoms with Gasteiger partial charge < -0.3 is 20.1 Å². The van der Waals surface area contributed by atoms with Crippen LogP contribution in [-0.2, 0) is 0 Å². The monoisotopic (exact) mass is 352 g/mol. The molecule has 0 saturated heterocycles. The fourth-order valence-electron chi connectivity index (χ4n) is 3.44. The molecule has 1 heterocycles. The molecule has 1 aliphatic carbocycles. The standard InChI is InChI=1S/C19H16N2O3S/c1-23-13-9-5-8-12(18(13)24-2)16-14-15(20-19(25)21-16)10-6-3-4-7-11(10)17(14)22/h3-9,16H,1-2H3,(H2,20,21,25). The molecule has 6 heteroatoms. The Bertz CT molecular complexity index is 936. The molecule has 0 fully saturated rings. The van der Waals surface area contributed by atoms with Gasteiger partial charge in [-0.3, -0.25) is 4.79 Å². The van der Waals surface area contributed by atoms with Gasteiger partial charge in [-0.1, -0.05) is 36.4 Å². The molecule has 1 atom stereocenters. The summed E-state index contributed by atoms with van der Waals surface area (Å²) in [5.41, 5.74) is 3.76. The molecule has 0 amide bonds. The molecule has 0 saturated carbocycles. The molecule has 0 spiro atoms. The van der Waals surface area contributed by atoms with Crippen LogP contribution in [0.15, 0.2) is 48.0 Å². The third kappa shape index (κ3) is 2.29. The van der Waals surface area contributed by atoms with Gasteiger partial charge in [0.25, 0.3) is 0 Å². The molecule has 1 aliphatic heterocycles. The third-order valence-electron chi connectivity index (χ3n) is 4.50. The molecule has 2 aromatic rings. The number of rotatable bonds is 3. The smallest absolute Gasteiger partial charge is 0.194 e. The zero-order chi connectivity index (χ0) is 17.6. The van der Waals surface area contributed by atoms with Crippen LogP contribution >= 0.6 is 12.2 Å². The molecule has 2 aliphatic rings. The summed E-state index contributed by atoms with van der Waals surface area (Å²) in [7, 11) is 3.17. The number of Topliss-reactive ketones (excluding diaryl/α,β-unsaturated/α-hetero) is 1. The number of hydrogen-bond donors (Lipinski definition) is 2. The van der Waals surface area contributed by atoms with E-state index in [4.69, 9.17) is 21.7 Å². The molecule has 5 nitrogen and oxygen atoms in total. The first kappa shape index (κ1) is 15.7. The SMILES string of the molecule is COc1cccc(C2NC(=S)NC3=C2C(=O)c2ccccc23)c1OC. The average Bonchev–Trinajstić information content (AvgIpc) is 2.93. The van der Waals surface area contributed by atoms with Gasteiger partial charge in [-0.05, 0) is 18.3 Å². The van der Waals surface area contributed by atoms with E-state index in [2.05, 4.69) is 10.6 Å². The van der Waals surface area contributed by atoms with Crippen LogP contribution in [0.2, 0.25) is 0 Å². The molecule has 2 aromatic carbocycles. The maximum Gasteiger partial charge on any atom is 0.194 e. The maximum atomic E-state index is 13.0. The summed E-state index contributed by atoms with van der Waals surface area (Å²) >= 11 is 5.38. The van der Waals surface area contributed by atoms with Gasteiger partial charge in [0, 0.05) is 16.7 Å². The molecule has 4 rings (SSSR count). The summed E-state index contributed by atoms with van der Waals surface area (Å²) in [6.07, 6.45) is 0. The van der Waals surface area contributed by atoms with Gasteiger partial charge in [0.1, 0.15) is 0 Å². The first-order valence-corrected chi connectivity index (χ1v) is 8.23. The number of benzene rings is 2. The Balaban J connectivity index is 1.92. The van der Waals surface area contributed by atoms with Crippen molar-refractivity contribution in [2.75, 3.05) is 14.2 Å². The van der Waals surface area contributed by atoms with Crippen LogP contribution in [-0.4, -0.2) is 25.1 Å². The van der Waals surface area contributed by atoms with Crippen LogP contribution in [0.1, 0.15) is 27.5 Å². The lowest BCUT2D eigenvalue weighted by Gasteiger charge is -2.29. The molecule has 126 valence electrons. The van der Waals surface area contributed by atoms with Gasteiger partial charge in [-0.25, -0.2) is 0 Å². The number of ether oxygens (including phenoxy) is 2. The van der Waals surface area contributed by atoms with E-state index in [1.165, 1.54) is 0 Å². The van der Waals surface area contributed by atoms with Gasteiger partial charge in [0.05, 0.1) is 31.5 Å². The number of hydrogen-bond acceptors (Lipinski definition) is 4. The molecule has 0 radical (unpaired) electrons. The van der Waals surface area contributed by atoms with Crippen LogP contribution in [0, 0.1) is 0 Å². The predicted molar refractivity (Wildman–Crippen MR) is 98.8 cm³/mol. The van der Waals surface area contributed by atoms with E-state index >= 15 is 0 Å². The largest absolute Gasteiger partial charge is 0.493 e. The lowest BCUT2D eigenvalue weighted by Crippen LogP contribution is -2.43. The van der Waals surface area contributed by atoms with E-state index in [0.29, 0.717) is 27.7 Å². The highest BCUT2D eigenvalue weighted by molar-refractivity contribution is 7.80. The summed E-state index contributed by atoms with van der Waals surface area (Å²) in [5, 5.41) is 6.81. The van der Waals surface area contributed by atoms with Crippen molar-refractivity contribution in [3.05, 3.63) is 64.7 Å². The number of fused-ring (bicyclic) bond motifs is 2. The summed E-state index contributed by atoms with van der Waals surface area (Å²) < 4.78 is 10.9. The van der Waals surface area contributed by atoms with E-state index in [-0.39, 0.29) is 5.78 Å². The lowest BCUT2D eigenvalue weighted by molar-refractivity contribution is 0.103. The van der Waals surface area contributed by atoms with Crippen LogP contribution in [0.25, 0.3) is 5.70 Å². The summed E-state index contributed by atoms with van der Waals surface area (Å²) in [4.78, 5) is 13.0. The van der Waals surface area contributed by atoms with Crippen molar-refractivity contribution < 1.29 is 14.3 Å². The van der Waals surface area contributed by atoms with Crippen molar-refractivity contribution in [1.82, 2.24) is 10.6 Å². The molecule has 2 N–H and O–H groups in total. The highest BCUT2D eigenvalue weighted by atomic mass is 32.1. The Morgan fingerprint density at radius 2 is 1.76 bits per heavy atom. The Hall–Kier alpha value is -2.86. The first-order valence-electron chi connectivity index (χ1n) is 7.82. The molecular formula is C19H16N2O3S. The summed E-state index contributed by atoms with van der Waals surface area (Å²) in [6.45, 7) is 0. The fourth-order valence-corrected chi connectivity index (χ4v) is 3.66. The van der Waals surface area contributed by atoms with Crippen LogP contribution in [0.4, 0.5) is 0 Å². The van der Waals surface area contributed by atoms with Gasteiger partial charge in [-0.15, -0.1) is 0 Å². The van der Waals surface area contributed by atoms with Crippen molar-refractivity contribution >= 4 is 28.8 Å². The lowest BCUT2D eigenvalue weighted by atomic mass is 9.93. The van der Waals surface area contributed by atoms with Crippen LogP contribution < -0.4 is 20.1 Å². The molecule has 0 aromatic heterocycles. The number of carbonyl (C=O) groups excluding carboxylic acids is 1. The Morgan fingerprint density at radius 1 is 1.00 bits per heavy atom. The second kappa shape index (κ2) is 5.89. The minimum absolute atomic E-state index is 0.0111. The number of para-hydroxylation sites is 1. The zero-order valence-electron chi connectivity index (χ0n) is 13.8. The van der Waals surface area contributed by atoms with E-state index < -0.39 is 6.04 Å². The molecule has 0 bridgehead atoms. The Kier molecular flexibility index (Phi) is 3.69. The van der Waals surface area contributed by atoms with E-state index in [0.717, 1.165) is 16.8 Å². The van der Waals surface area contributed by atoms with E-state index in [1.807, 2.05) is 42.5 Å². The average molecular weight is 352 g/mol. The minimum Gasteiger partial charge on any atom is -0.493 e. The quantitative estimate of drug-likeness (QED) is 0.829. The number of ketones is 1. The predicted octanol–water partition coefficient (Wildman–Crippen LogP) is 2.83. The van der Waals surface area contributed by atoms with Crippen molar-refractivity contribution in [3.63, 3.8) is 0 Å². The second-order valence-electron chi connectivity index (χ2n) is 5.78. The van der Waals surface area contributed by atoms with Crippen molar-refractivity contribution in [3.8, 4) is 11.5 Å². The van der Waals surface area contributed by atoms with E-state index in [9.17, 15) is 4.79 Å². The number of nitrogens with one attached hydrogen (secondary N) is 2. The van der Waals surface area contributed by atoms with Gasteiger partial charge in [0.2, 0.25) is 0 Å². The number of carbonyl (C=O) groups is 1. The maximum absolute atomic E-state index is 13.0. The van der Waals surface area contributed by atoms with Gasteiger partial charge in [0.15, 0.2) is 22.4 Å². The highest BCUT2D eigenvalue weighted by Crippen LogP contribution is 2.44. The van der Waals surface area contributed by atoms with E-state index in [1.54, 1.807) is 14.2 Å². The fraction of sp³-hybridized carbons (Fsp3) is 0.158. The molecule has 25 heavy (non-hydrogen) atoms. The highest BCUT2D eigenvalue weighted by Gasteiger charge is 2.39. The van der Waals surface area contributed by atoms with Crippen molar-refractivity contribution in [2.24, 2.45) is 0 Å². The molecular weight excluding hydrogens is 336 g/mol. The van der Waals surface area contributed by atoms with Crippen molar-refractivity contribution in [1.29, 1.82) is 0 Å². The van der Waals surface area contributed by atoms with Crippen LogP contribution in [0.3, 0.4) is 0 Å². The topological polar surface area (TPSA) is 59.6 Å². The van der Waals surface area contributed by atoms with Crippen molar-refractivity contribution in [2.45, 2.75) is 6.04 Å². The number of thiocarbonyl (C=S) groups is 1. The summed E-state index contributed by atoms with van der Waals surface area (Å²) in [6, 6.07) is 12.7. The Labute approximate surface area is 150 Å². The first-order chi connectivity index (χ1) is 12.2. The van der Waals surface area contributed by atoms with Gasteiger partial charge >= 0.3 is 0 Å². The minimum atomic E-state index is -0.409. The summed E-state index contributed by atoms with van der Waals surface area (Å²) in [5.74, 6) is 1.18. The zero-order valence-corrected chi connectivity index (χ0v) is 14.6.